The SMILES string of the molecule is CCC(O)C12OC(=O)CC(O)(CC(=O)O1)C(=O)O2. The van der Waals surface area contributed by atoms with Crippen LogP contribution in [-0.2, 0) is 28.6 Å². The van der Waals surface area contributed by atoms with E-state index >= 15 is 0 Å². The van der Waals surface area contributed by atoms with Gasteiger partial charge in [0.05, 0.1) is 12.8 Å². The predicted octanol–water partition coefficient (Wildman–Crippen LogP) is -1.42. The van der Waals surface area contributed by atoms with E-state index in [1.54, 1.807) is 0 Å². The van der Waals surface area contributed by atoms with Crippen LogP contribution >= 0.6 is 0 Å². The highest BCUT2D eigenvalue weighted by Gasteiger charge is 2.61. The monoisotopic (exact) mass is 260 g/mol. The van der Waals surface area contributed by atoms with Gasteiger partial charge in [-0.3, -0.25) is 9.59 Å². The molecule has 2 N–H and O–H groups in total. The number of hydrogen-bond donors (Lipinski definition) is 2. The van der Waals surface area contributed by atoms with Crippen LogP contribution in [0.1, 0.15) is 26.2 Å². The summed E-state index contributed by atoms with van der Waals surface area (Å²) in [6.45, 7) is 1.51. The molecule has 2 fully saturated rings. The Morgan fingerprint density at radius 1 is 1.17 bits per heavy atom. The normalized spacial score (nSPS) is 37.2. The van der Waals surface area contributed by atoms with E-state index in [0.29, 0.717) is 0 Å². The second kappa shape index (κ2) is 3.92. The average Bonchev–Trinajstić information content (AvgIpc) is 2.38. The van der Waals surface area contributed by atoms with E-state index in [1.165, 1.54) is 6.92 Å². The van der Waals surface area contributed by atoms with Crippen LogP contribution in [0.4, 0.5) is 0 Å². The summed E-state index contributed by atoms with van der Waals surface area (Å²) in [5.74, 6) is -5.72. The smallest absolute Gasteiger partial charge is 0.386 e. The van der Waals surface area contributed by atoms with Gasteiger partial charge in [-0.2, -0.15) is 0 Å². The first kappa shape index (κ1) is 12.8. The first-order chi connectivity index (χ1) is 8.31. The number of aliphatic hydroxyl groups excluding tert-OH is 1. The van der Waals surface area contributed by atoms with Gasteiger partial charge in [0.2, 0.25) is 0 Å². The first-order valence-corrected chi connectivity index (χ1v) is 5.39. The van der Waals surface area contributed by atoms with Crippen LogP contribution in [0.3, 0.4) is 0 Å². The van der Waals surface area contributed by atoms with E-state index in [1.807, 2.05) is 0 Å². The van der Waals surface area contributed by atoms with Crippen LogP contribution in [0.2, 0.25) is 0 Å². The fraction of sp³-hybridized carbons (Fsp3) is 0.700. The lowest BCUT2D eigenvalue weighted by Gasteiger charge is -2.31. The zero-order valence-corrected chi connectivity index (χ0v) is 9.54. The zero-order chi connectivity index (χ0) is 13.6. The fourth-order valence-corrected chi connectivity index (χ4v) is 1.81. The Kier molecular flexibility index (Phi) is 2.78. The third kappa shape index (κ3) is 1.83. The molecule has 8 nitrogen and oxygen atoms in total. The third-order valence-electron chi connectivity index (χ3n) is 2.80. The van der Waals surface area contributed by atoms with Crippen molar-refractivity contribution in [3.8, 4) is 0 Å². The van der Waals surface area contributed by atoms with Crippen LogP contribution in [0, 0.1) is 0 Å². The average molecular weight is 260 g/mol. The largest absolute Gasteiger partial charge is 0.451 e. The van der Waals surface area contributed by atoms with Crippen molar-refractivity contribution < 1.29 is 38.8 Å². The number of carbonyl (C=O) groups is 3. The molecule has 0 aromatic rings. The van der Waals surface area contributed by atoms with Crippen LogP contribution in [-0.4, -0.2) is 45.8 Å². The van der Waals surface area contributed by atoms with E-state index in [9.17, 15) is 24.6 Å². The van der Waals surface area contributed by atoms with Crippen molar-refractivity contribution >= 4 is 17.9 Å². The molecule has 0 spiro atoms. The summed E-state index contributed by atoms with van der Waals surface area (Å²) in [6, 6.07) is 0. The molecule has 18 heavy (non-hydrogen) atoms. The van der Waals surface area contributed by atoms with Crippen LogP contribution < -0.4 is 0 Å². The summed E-state index contributed by atoms with van der Waals surface area (Å²) in [5.41, 5.74) is -2.31. The Hall–Kier alpha value is -1.67. The minimum atomic E-state index is -2.50. The van der Waals surface area contributed by atoms with Crippen molar-refractivity contribution in [1.29, 1.82) is 0 Å². The molecular weight excluding hydrogens is 248 g/mol. The molecular formula is C10H12O8. The predicted molar refractivity (Wildman–Crippen MR) is 51.5 cm³/mol. The number of fused-ring (bicyclic) bond motifs is 3. The molecule has 2 bridgehead atoms. The Labute approximate surface area is 101 Å². The summed E-state index contributed by atoms with van der Waals surface area (Å²) in [5, 5.41) is 19.6. The summed E-state index contributed by atoms with van der Waals surface area (Å²) < 4.78 is 14.1. The topological polar surface area (TPSA) is 119 Å². The van der Waals surface area contributed by atoms with E-state index in [-0.39, 0.29) is 6.42 Å². The Morgan fingerprint density at radius 2 is 1.67 bits per heavy atom. The molecule has 100 valence electrons. The van der Waals surface area contributed by atoms with E-state index in [2.05, 4.69) is 0 Å². The lowest BCUT2D eigenvalue weighted by atomic mass is 9.96. The summed E-state index contributed by atoms with van der Waals surface area (Å²) in [4.78, 5) is 34.6. The molecule has 0 aromatic heterocycles. The van der Waals surface area contributed by atoms with Crippen LogP contribution in [0.25, 0.3) is 0 Å². The van der Waals surface area contributed by atoms with Gasteiger partial charge in [0.25, 0.3) is 0 Å². The van der Waals surface area contributed by atoms with Crippen molar-refractivity contribution in [2.45, 2.75) is 43.9 Å². The van der Waals surface area contributed by atoms with Gasteiger partial charge >= 0.3 is 23.9 Å². The molecule has 1 atom stereocenters. The second-order valence-electron chi connectivity index (χ2n) is 4.25. The minimum absolute atomic E-state index is 0.00622. The van der Waals surface area contributed by atoms with Gasteiger partial charge in [0.1, 0.15) is 0 Å². The molecule has 2 heterocycles. The van der Waals surface area contributed by atoms with Crippen molar-refractivity contribution in [1.82, 2.24) is 0 Å². The lowest BCUT2D eigenvalue weighted by molar-refractivity contribution is -0.358. The number of esters is 3. The maximum Gasteiger partial charge on any atom is 0.451 e. The molecule has 2 aliphatic heterocycles. The van der Waals surface area contributed by atoms with Gasteiger partial charge < -0.3 is 24.4 Å². The lowest BCUT2D eigenvalue weighted by Crippen LogP contribution is -2.51. The van der Waals surface area contributed by atoms with Gasteiger partial charge in [-0.05, 0) is 6.42 Å². The fourth-order valence-electron chi connectivity index (χ4n) is 1.81. The highest BCUT2D eigenvalue weighted by atomic mass is 16.9. The molecule has 1 unspecified atom stereocenters. The first-order valence-electron chi connectivity index (χ1n) is 5.39. The van der Waals surface area contributed by atoms with Crippen LogP contribution in [0.5, 0.6) is 0 Å². The maximum absolute atomic E-state index is 11.7. The number of hydrogen-bond acceptors (Lipinski definition) is 8. The van der Waals surface area contributed by atoms with E-state index in [4.69, 9.17) is 14.2 Å². The second-order valence-corrected chi connectivity index (χ2v) is 4.25. The van der Waals surface area contributed by atoms with Crippen molar-refractivity contribution in [3.63, 3.8) is 0 Å². The van der Waals surface area contributed by atoms with Crippen LogP contribution in [0.15, 0.2) is 0 Å². The number of carbonyl (C=O) groups excluding carboxylic acids is 3. The molecule has 2 aliphatic rings. The standard InChI is InChI=1S/C10H12O8/c1-2-5(11)10-16-6(12)3-9(15,8(14)18-10)4-7(13)17-10/h5,11,15H,2-4H2,1H3. The minimum Gasteiger partial charge on any atom is -0.386 e. The molecule has 8 heteroatoms. The molecule has 0 aromatic carbocycles. The highest BCUT2D eigenvalue weighted by molar-refractivity contribution is 5.92. The van der Waals surface area contributed by atoms with Crippen molar-refractivity contribution in [2.24, 2.45) is 0 Å². The number of rotatable bonds is 2. The van der Waals surface area contributed by atoms with Crippen molar-refractivity contribution in [2.75, 3.05) is 0 Å². The maximum atomic E-state index is 11.7. The molecule has 0 radical (unpaired) electrons. The molecule has 2 saturated heterocycles. The number of aliphatic hydroxyl groups is 2. The quantitative estimate of drug-likeness (QED) is 0.580. The summed E-state index contributed by atoms with van der Waals surface area (Å²) in [6.07, 6.45) is -2.97. The van der Waals surface area contributed by atoms with Gasteiger partial charge in [0.15, 0.2) is 11.7 Å². The summed E-state index contributed by atoms with van der Waals surface area (Å²) >= 11 is 0. The molecule has 0 amide bonds. The van der Waals surface area contributed by atoms with Gasteiger partial charge in [-0.25, -0.2) is 4.79 Å². The van der Waals surface area contributed by atoms with Gasteiger partial charge in [-0.1, -0.05) is 6.92 Å². The number of ether oxygens (including phenoxy) is 3. The van der Waals surface area contributed by atoms with E-state index in [0.717, 1.165) is 0 Å². The highest BCUT2D eigenvalue weighted by Crippen LogP contribution is 2.36. The third-order valence-corrected chi connectivity index (χ3v) is 2.80. The van der Waals surface area contributed by atoms with Gasteiger partial charge in [-0.15, -0.1) is 0 Å². The summed E-state index contributed by atoms with van der Waals surface area (Å²) in [7, 11) is 0. The Morgan fingerprint density at radius 3 is 2.11 bits per heavy atom. The van der Waals surface area contributed by atoms with Gasteiger partial charge in [0, 0.05) is 0 Å². The van der Waals surface area contributed by atoms with E-state index < -0.39 is 48.4 Å². The zero-order valence-electron chi connectivity index (χ0n) is 9.54. The Balaban J connectivity index is 2.49. The molecule has 2 rings (SSSR count). The molecule has 0 saturated carbocycles. The Bertz CT molecular complexity index is 394. The molecule has 0 aliphatic carbocycles. The van der Waals surface area contributed by atoms with Crippen molar-refractivity contribution in [3.05, 3.63) is 0 Å².